The van der Waals surface area contributed by atoms with Crippen LogP contribution in [0.1, 0.15) is 24.0 Å². The van der Waals surface area contributed by atoms with Gasteiger partial charge in [-0.2, -0.15) is 13.2 Å². The minimum absolute atomic E-state index is 0.0800. The molecule has 1 aromatic carbocycles. The molecular formula is C17H21F3N2O2. The molecule has 1 saturated heterocycles. The van der Waals surface area contributed by atoms with Gasteiger partial charge in [-0.3, -0.25) is 9.59 Å². The molecule has 24 heavy (non-hydrogen) atoms. The van der Waals surface area contributed by atoms with Gasteiger partial charge < -0.3 is 10.2 Å². The number of nitrogens with zero attached hydrogens (tertiary/aromatic N) is 1. The Kier molecular flexibility index (Phi) is 5.85. The number of carbonyl (C=O) groups is 2. The molecule has 0 atom stereocenters. The minimum atomic E-state index is -4.81. The normalized spacial score (nSPS) is 16.1. The van der Waals surface area contributed by atoms with E-state index in [0.29, 0.717) is 19.4 Å². The number of benzene rings is 1. The molecule has 1 fully saturated rings. The summed E-state index contributed by atoms with van der Waals surface area (Å²) in [6.45, 7) is 2.53. The topological polar surface area (TPSA) is 49.4 Å². The van der Waals surface area contributed by atoms with E-state index in [-0.39, 0.29) is 31.3 Å². The number of hydrogen-bond acceptors (Lipinski definition) is 2. The van der Waals surface area contributed by atoms with Gasteiger partial charge in [0.25, 0.3) is 0 Å². The zero-order valence-electron chi connectivity index (χ0n) is 13.5. The fourth-order valence-electron chi connectivity index (χ4n) is 2.82. The predicted octanol–water partition coefficient (Wildman–Crippen LogP) is 2.45. The third-order valence-corrected chi connectivity index (χ3v) is 4.34. The van der Waals surface area contributed by atoms with Gasteiger partial charge in [0, 0.05) is 19.6 Å². The van der Waals surface area contributed by atoms with Crippen molar-refractivity contribution in [1.29, 1.82) is 0 Å². The molecule has 4 nitrogen and oxygen atoms in total. The molecule has 1 aromatic rings. The van der Waals surface area contributed by atoms with Crippen molar-refractivity contribution in [3.05, 3.63) is 35.4 Å². The van der Waals surface area contributed by atoms with E-state index >= 15 is 0 Å². The Balaban J connectivity index is 1.74. The maximum atomic E-state index is 12.4. The van der Waals surface area contributed by atoms with Crippen LogP contribution in [0.4, 0.5) is 13.2 Å². The van der Waals surface area contributed by atoms with E-state index in [9.17, 15) is 22.8 Å². The molecule has 1 heterocycles. The average molecular weight is 342 g/mol. The highest BCUT2D eigenvalue weighted by molar-refractivity contribution is 5.82. The summed E-state index contributed by atoms with van der Waals surface area (Å²) in [5.41, 5.74) is 2.01. The molecule has 0 aromatic heterocycles. The van der Waals surface area contributed by atoms with Crippen LogP contribution in [0.5, 0.6) is 0 Å². The van der Waals surface area contributed by atoms with Crippen LogP contribution in [0, 0.1) is 12.8 Å². The van der Waals surface area contributed by atoms with Crippen molar-refractivity contribution < 1.29 is 22.8 Å². The van der Waals surface area contributed by atoms with Gasteiger partial charge in [0.05, 0.1) is 6.42 Å². The third-order valence-electron chi connectivity index (χ3n) is 4.34. The smallest absolute Gasteiger partial charge is 0.356 e. The molecule has 0 saturated carbocycles. The highest BCUT2D eigenvalue weighted by Gasteiger charge is 2.43. The summed E-state index contributed by atoms with van der Waals surface area (Å²) in [6, 6.07) is 7.63. The Labute approximate surface area is 139 Å². The number of halogens is 3. The Bertz CT molecular complexity index is 594. The largest absolute Gasteiger partial charge is 0.471 e. The number of alkyl halides is 3. The van der Waals surface area contributed by atoms with Gasteiger partial charge in [-0.25, -0.2) is 0 Å². The molecule has 0 spiro atoms. The third kappa shape index (κ3) is 4.97. The molecule has 0 aliphatic carbocycles. The van der Waals surface area contributed by atoms with Crippen molar-refractivity contribution in [1.82, 2.24) is 10.2 Å². The molecular weight excluding hydrogens is 321 g/mol. The molecule has 0 radical (unpaired) electrons. The molecule has 132 valence electrons. The molecule has 1 N–H and O–H groups in total. The summed E-state index contributed by atoms with van der Waals surface area (Å²) < 4.78 is 37.1. The molecule has 0 bridgehead atoms. The van der Waals surface area contributed by atoms with E-state index < -0.39 is 12.1 Å². The summed E-state index contributed by atoms with van der Waals surface area (Å²) in [5, 5.41) is 2.84. The van der Waals surface area contributed by atoms with Crippen LogP contribution in [0.2, 0.25) is 0 Å². The fraction of sp³-hybridized carbons (Fsp3) is 0.529. The van der Waals surface area contributed by atoms with Crippen molar-refractivity contribution in [3.63, 3.8) is 0 Å². The Morgan fingerprint density at radius 2 is 1.83 bits per heavy atom. The fourth-order valence-corrected chi connectivity index (χ4v) is 2.82. The van der Waals surface area contributed by atoms with Crippen LogP contribution >= 0.6 is 0 Å². The van der Waals surface area contributed by atoms with Crippen LogP contribution in [-0.2, 0) is 16.0 Å². The highest BCUT2D eigenvalue weighted by atomic mass is 19.4. The Morgan fingerprint density at radius 1 is 1.21 bits per heavy atom. The second-order valence-corrected chi connectivity index (χ2v) is 6.14. The predicted molar refractivity (Wildman–Crippen MR) is 83.3 cm³/mol. The summed E-state index contributed by atoms with van der Waals surface area (Å²) in [4.78, 5) is 24.0. The van der Waals surface area contributed by atoms with Crippen molar-refractivity contribution in [3.8, 4) is 0 Å². The van der Waals surface area contributed by atoms with Crippen molar-refractivity contribution in [2.24, 2.45) is 5.92 Å². The molecule has 2 amide bonds. The minimum Gasteiger partial charge on any atom is -0.356 e. The van der Waals surface area contributed by atoms with Crippen molar-refractivity contribution in [2.75, 3.05) is 19.6 Å². The van der Waals surface area contributed by atoms with Gasteiger partial charge in [0.1, 0.15) is 0 Å². The monoisotopic (exact) mass is 342 g/mol. The van der Waals surface area contributed by atoms with Crippen LogP contribution in [0.3, 0.4) is 0 Å². The second-order valence-electron chi connectivity index (χ2n) is 6.14. The van der Waals surface area contributed by atoms with Gasteiger partial charge >= 0.3 is 12.1 Å². The lowest BCUT2D eigenvalue weighted by Crippen LogP contribution is -2.46. The van der Waals surface area contributed by atoms with Crippen LogP contribution in [0.15, 0.2) is 24.3 Å². The first-order chi connectivity index (χ1) is 11.3. The molecule has 1 aliphatic heterocycles. The molecule has 2 rings (SSSR count). The van der Waals surface area contributed by atoms with Crippen LogP contribution < -0.4 is 5.32 Å². The molecule has 7 heteroatoms. The number of carbonyl (C=O) groups excluding carboxylic acids is 2. The van der Waals surface area contributed by atoms with Crippen LogP contribution in [0.25, 0.3) is 0 Å². The lowest BCUT2D eigenvalue weighted by molar-refractivity contribution is -0.186. The number of piperidine rings is 1. The van der Waals surface area contributed by atoms with Crippen molar-refractivity contribution >= 4 is 11.8 Å². The Hall–Kier alpha value is -2.05. The maximum Gasteiger partial charge on any atom is 0.471 e. The first-order valence-corrected chi connectivity index (χ1v) is 7.94. The highest BCUT2D eigenvalue weighted by Crippen LogP contribution is 2.23. The van der Waals surface area contributed by atoms with E-state index in [1.165, 1.54) is 0 Å². The number of rotatable bonds is 4. The second kappa shape index (κ2) is 7.68. The number of nitrogens with one attached hydrogen (secondary N) is 1. The lowest BCUT2D eigenvalue weighted by atomic mass is 9.96. The van der Waals surface area contributed by atoms with E-state index in [4.69, 9.17) is 0 Å². The van der Waals surface area contributed by atoms with Crippen molar-refractivity contribution in [2.45, 2.75) is 32.4 Å². The van der Waals surface area contributed by atoms with Gasteiger partial charge in [-0.05, 0) is 36.8 Å². The molecule has 0 unspecified atom stereocenters. The molecule has 1 aliphatic rings. The van der Waals surface area contributed by atoms with Gasteiger partial charge in [-0.15, -0.1) is 0 Å². The van der Waals surface area contributed by atoms with Crippen LogP contribution in [-0.4, -0.2) is 42.5 Å². The SMILES string of the molecule is Cc1ccccc1CC(=O)NCC1CCN(C(=O)C(F)(F)F)CC1. The van der Waals surface area contributed by atoms with E-state index in [1.54, 1.807) is 0 Å². The van der Waals surface area contributed by atoms with E-state index in [2.05, 4.69) is 5.32 Å². The van der Waals surface area contributed by atoms with Gasteiger partial charge in [0.15, 0.2) is 0 Å². The summed E-state index contributed by atoms with van der Waals surface area (Å²) >= 11 is 0. The summed E-state index contributed by atoms with van der Waals surface area (Å²) in [6.07, 6.45) is -3.59. The standard InChI is InChI=1S/C17H21F3N2O2/c1-12-4-2-3-5-14(12)10-15(23)21-11-13-6-8-22(9-7-13)16(24)17(18,19)20/h2-5,13H,6-11H2,1H3,(H,21,23). The maximum absolute atomic E-state index is 12.4. The summed E-state index contributed by atoms with van der Waals surface area (Å²) in [5.74, 6) is -1.77. The zero-order valence-corrected chi connectivity index (χ0v) is 13.5. The quantitative estimate of drug-likeness (QED) is 0.914. The number of hydrogen-bond donors (Lipinski definition) is 1. The Morgan fingerprint density at radius 3 is 2.42 bits per heavy atom. The van der Waals surface area contributed by atoms with Gasteiger partial charge in [-0.1, -0.05) is 24.3 Å². The first kappa shape index (κ1) is 18.3. The first-order valence-electron chi connectivity index (χ1n) is 7.94. The lowest BCUT2D eigenvalue weighted by Gasteiger charge is -2.32. The van der Waals surface area contributed by atoms with E-state index in [0.717, 1.165) is 16.0 Å². The van der Waals surface area contributed by atoms with Gasteiger partial charge in [0.2, 0.25) is 5.91 Å². The van der Waals surface area contributed by atoms with E-state index in [1.807, 2.05) is 31.2 Å². The number of aryl methyl sites for hydroxylation is 1. The zero-order chi connectivity index (χ0) is 17.7. The summed E-state index contributed by atoms with van der Waals surface area (Å²) in [7, 11) is 0. The average Bonchev–Trinajstić information content (AvgIpc) is 2.54. The number of likely N-dealkylation sites (tertiary alicyclic amines) is 1. The number of amides is 2.